The molecule has 0 bridgehead atoms. The van der Waals surface area contributed by atoms with E-state index in [9.17, 15) is 9.59 Å². The summed E-state index contributed by atoms with van der Waals surface area (Å²) in [6, 6.07) is 19.4. The van der Waals surface area contributed by atoms with Crippen LogP contribution in [-0.2, 0) is 0 Å². The molecule has 0 aliphatic carbocycles. The van der Waals surface area contributed by atoms with Gasteiger partial charge in [0.15, 0.2) is 0 Å². The molecule has 160 valence electrons. The number of hydrogen-bond donors (Lipinski definition) is 2. The third-order valence-electron chi connectivity index (χ3n) is 5.66. The van der Waals surface area contributed by atoms with Crippen LogP contribution in [-0.4, -0.2) is 36.3 Å². The second kappa shape index (κ2) is 9.90. The quantitative estimate of drug-likeness (QED) is 0.558. The molecule has 1 atom stereocenters. The first kappa shape index (κ1) is 21.3. The van der Waals surface area contributed by atoms with Crippen molar-refractivity contribution in [2.24, 2.45) is 0 Å². The van der Waals surface area contributed by atoms with E-state index in [-0.39, 0.29) is 17.9 Å². The van der Waals surface area contributed by atoms with Gasteiger partial charge in [-0.3, -0.25) is 14.5 Å². The maximum atomic E-state index is 13.1. The van der Waals surface area contributed by atoms with Crippen molar-refractivity contribution in [1.29, 1.82) is 0 Å². The molecule has 1 saturated heterocycles. The van der Waals surface area contributed by atoms with E-state index in [1.54, 1.807) is 18.2 Å². The smallest absolute Gasteiger partial charge is 0.265 e. The fraction of sp³-hybridized carbons (Fsp3) is 0.280. The van der Waals surface area contributed by atoms with Crippen molar-refractivity contribution in [1.82, 2.24) is 10.2 Å². The molecule has 1 fully saturated rings. The lowest BCUT2D eigenvalue weighted by Crippen LogP contribution is -2.37. The van der Waals surface area contributed by atoms with E-state index < -0.39 is 0 Å². The van der Waals surface area contributed by atoms with E-state index in [1.165, 1.54) is 35.3 Å². The van der Waals surface area contributed by atoms with Crippen LogP contribution in [0.15, 0.2) is 66.0 Å². The predicted octanol–water partition coefficient (Wildman–Crippen LogP) is 4.88. The molecule has 1 unspecified atom stereocenters. The van der Waals surface area contributed by atoms with E-state index in [4.69, 9.17) is 0 Å². The van der Waals surface area contributed by atoms with Gasteiger partial charge in [-0.2, -0.15) is 0 Å². The zero-order valence-corrected chi connectivity index (χ0v) is 18.5. The third kappa shape index (κ3) is 5.21. The van der Waals surface area contributed by atoms with E-state index in [0.29, 0.717) is 22.7 Å². The number of carbonyl (C=O) groups excluding carboxylic acids is 2. The van der Waals surface area contributed by atoms with Crippen LogP contribution in [0, 0.1) is 6.92 Å². The summed E-state index contributed by atoms with van der Waals surface area (Å²) >= 11 is 1.37. The molecule has 5 nitrogen and oxygen atoms in total. The third-order valence-corrected chi connectivity index (χ3v) is 6.53. The molecular weight excluding hydrogens is 406 g/mol. The molecule has 0 radical (unpaired) electrons. The van der Waals surface area contributed by atoms with Crippen molar-refractivity contribution in [3.63, 3.8) is 0 Å². The highest BCUT2D eigenvalue weighted by atomic mass is 32.1. The van der Waals surface area contributed by atoms with Gasteiger partial charge in [0.1, 0.15) is 0 Å². The van der Waals surface area contributed by atoms with Crippen molar-refractivity contribution >= 4 is 28.8 Å². The summed E-state index contributed by atoms with van der Waals surface area (Å²) in [6.07, 6.45) is 2.38. The summed E-state index contributed by atoms with van der Waals surface area (Å²) in [7, 11) is 0. The monoisotopic (exact) mass is 433 g/mol. The fourth-order valence-corrected chi connectivity index (χ4v) is 4.58. The number of likely N-dealkylation sites (tertiary alicyclic amines) is 1. The number of nitrogens with one attached hydrogen (secondary N) is 2. The summed E-state index contributed by atoms with van der Waals surface area (Å²) in [5, 5.41) is 7.84. The van der Waals surface area contributed by atoms with Gasteiger partial charge in [0.2, 0.25) is 0 Å². The van der Waals surface area contributed by atoms with Crippen LogP contribution in [0.4, 0.5) is 5.69 Å². The SMILES string of the molecule is Cc1ccc(C(CNC(=O)c2ccccc2NC(=O)c2cccs2)N2CCCC2)cc1. The predicted molar refractivity (Wildman–Crippen MR) is 126 cm³/mol. The highest BCUT2D eigenvalue weighted by Crippen LogP contribution is 2.25. The van der Waals surface area contributed by atoms with Crippen LogP contribution in [0.5, 0.6) is 0 Å². The number of aryl methyl sites for hydroxylation is 1. The molecule has 3 aromatic rings. The highest BCUT2D eigenvalue weighted by Gasteiger charge is 2.24. The van der Waals surface area contributed by atoms with Gasteiger partial charge in [-0.1, -0.05) is 48.0 Å². The number of nitrogens with zero attached hydrogens (tertiary/aromatic N) is 1. The number of rotatable bonds is 7. The van der Waals surface area contributed by atoms with Crippen molar-refractivity contribution < 1.29 is 9.59 Å². The highest BCUT2D eigenvalue weighted by molar-refractivity contribution is 7.12. The number of para-hydroxylation sites is 1. The van der Waals surface area contributed by atoms with Gasteiger partial charge in [0.05, 0.1) is 22.2 Å². The van der Waals surface area contributed by atoms with Crippen LogP contribution < -0.4 is 10.6 Å². The van der Waals surface area contributed by atoms with Gasteiger partial charge < -0.3 is 10.6 Å². The van der Waals surface area contributed by atoms with Crippen LogP contribution >= 0.6 is 11.3 Å². The largest absolute Gasteiger partial charge is 0.350 e. The minimum absolute atomic E-state index is 0.139. The summed E-state index contributed by atoms with van der Waals surface area (Å²) < 4.78 is 0. The Kier molecular flexibility index (Phi) is 6.79. The first-order valence-electron chi connectivity index (χ1n) is 10.6. The zero-order chi connectivity index (χ0) is 21.6. The molecule has 2 N–H and O–H groups in total. The van der Waals surface area contributed by atoms with Crippen molar-refractivity contribution in [2.75, 3.05) is 25.0 Å². The standard InChI is InChI=1S/C25H27N3O2S/c1-18-10-12-19(13-11-18)22(28-14-4-5-15-28)17-26-24(29)20-7-2-3-8-21(20)27-25(30)23-9-6-16-31-23/h2-3,6-13,16,22H,4-5,14-15,17H2,1H3,(H,26,29)(H,27,30). The lowest BCUT2D eigenvalue weighted by molar-refractivity contribution is 0.0939. The maximum Gasteiger partial charge on any atom is 0.265 e. The Bertz CT molecular complexity index is 1030. The topological polar surface area (TPSA) is 61.4 Å². The minimum atomic E-state index is -0.204. The molecule has 1 aromatic heterocycles. The summed E-state index contributed by atoms with van der Waals surface area (Å²) in [5.41, 5.74) is 3.43. The zero-order valence-electron chi connectivity index (χ0n) is 17.6. The molecule has 2 amide bonds. The Morgan fingerprint density at radius 2 is 1.71 bits per heavy atom. The molecule has 1 aliphatic rings. The number of anilines is 1. The van der Waals surface area contributed by atoms with Crippen molar-refractivity contribution in [3.05, 3.63) is 87.6 Å². The van der Waals surface area contributed by atoms with Crippen molar-refractivity contribution in [3.8, 4) is 0 Å². The minimum Gasteiger partial charge on any atom is -0.350 e. The molecule has 31 heavy (non-hydrogen) atoms. The van der Waals surface area contributed by atoms with Gasteiger partial charge in [0, 0.05) is 6.54 Å². The molecule has 0 saturated carbocycles. The summed E-state index contributed by atoms with van der Waals surface area (Å²) in [6.45, 7) is 4.69. The number of benzene rings is 2. The number of carbonyl (C=O) groups is 2. The second-order valence-corrected chi connectivity index (χ2v) is 8.80. The lowest BCUT2D eigenvalue weighted by atomic mass is 10.0. The molecule has 0 spiro atoms. The average molecular weight is 434 g/mol. The Hall–Kier alpha value is -2.96. The molecule has 1 aliphatic heterocycles. The Labute approximate surface area is 187 Å². The van der Waals surface area contributed by atoms with Gasteiger partial charge >= 0.3 is 0 Å². The second-order valence-electron chi connectivity index (χ2n) is 7.86. The number of amides is 2. The summed E-state index contributed by atoms with van der Waals surface area (Å²) in [5.74, 6) is -0.386. The first-order chi connectivity index (χ1) is 15.1. The van der Waals surface area contributed by atoms with Gasteiger partial charge in [-0.25, -0.2) is 0 Å². The van der Waals surface area contributed by atoms with E-state index >= 15 is 0 Å². The van der Waals surface area contributed by atoms with Crippen molar-refractivity contribution in [2.45, 2.75) is 25.8 Å². The first-order valence-corrected chi connectivity index (χ1v) is 11.5. The summed E-state index contributed by atoms with van der Waals surface area (Å²) in [4.78, 5) is 28.6. The van der Waals surface area contributed by atoms with Gasteiger partial charge in [-0.15, -0.1) is 11.3 Å². The molecule has 4 rings (SSSR count). The molecule has 2 aromatic carbocycles. The lowest BCUT2D eigenvalue weighted by Gasteiger charge is -2.28. The van der Waals surface area contributed by atoms with E-state index in [2.05, 4.69) is 46.7 Å². The van der Waals surface area contributed by atoms with Gasteiger partial charge in [-0.05, 0) is 62.0 Å². The van der Waals surface area contributed by atoms with Crippen LogP contribution in [0.3, 0.4) is 0 Å². The Balaban J connectivity index is 1.48. The average Bonchev–Trinajstić information content (AvgIpc) is 3.50. The number of thiophene rings is 1. The van der Waals surface area contributed by atoms with E-state index in [1.807, 2.05) is 23.6 Å². The van der Waals surface area contributed by atoms with Gasteiger partial charge in [0.25, 0.3) is 11.8 Å². The maximum absolute atomic E-state index is 13.1. The molecule has 6 heteroatoms. The van der Waals surface area contributed by atoms with Crippen LogP contribution in [0.1, 0.15) is 50.0 Å². The van der Waals surface area contributed by atoms with E-state index in [0.717, 1.165) is 13.1 Å². The Morgan fingerprint density at radius 3 is 2.42 bits per heavy atom. The molecular formula is C25H27N3O2S. The molecule has 2 heterocycles. The Morgan fingerprint density at radius 1 is 0.968 bits per heavy atom. The van der Waals surface area contributed by atoms with Crippen LogP contribution in [0.25, 0.3) is 0 Å². The number of hydrogen-bond acceptors (Lipinski definition) is 4. The fourth-order valence-electron chi connectivity index (χ4n) is 3.97. The van der Waals surface area contributed by atoms with Crippen LogP contribution in [0.2, 0.25) is 0 Å². The normalized spacial score (nSPS) is 14.9.